The Kier molecular flexibility index (Phi) is 4.94. The molecule has 5 nitrogen and oxygen atoms in total. The van der Waals surface area contributed by atoms with Crippen molar-refractivity contribution in [1.82, 2.24) is 15.2 Å². The number of hydrogen-bond donors (Lipinski definition) is 1. The lowest BCUT2D eigenvalue weighted by atomic mass is 10.0. The van der Waals surface area contributed by atoms with Gasteiger partial charge in [-0.05, 0) is 31.9 Å². The first-order valence-corrected chi connectivity index (χ1v) is 7.00. The van der Waals surface area contributed by atoms with Crippen LogP contribution in [0.1, 0.15) is 28.9 Å². The third kappa shape index (κ3) is 3.92. The molecule has 1 N–H and O–H groups in total. The van der Waals surface area contributed by atoms with Crippen molar-refractivity contribution in [3.63, 3.8) is 0 Å². The van der Waals surface area contributed by atoms with Gasteiger partial charge in [0.05, 0.1) is 12.6 Å². The normalized spacial score (nSPS) is 16.6. The van der Waals surface area contributed by atoms with Crippen molar-refractivity contribution in [2.75, 3.05) is 19.6 Å². The Morgan fingerprint density at radius 1 is 1.55 bits per heavy atom. The first-order chi connectivity index (χ1) is 9.58. The molecule has 0 aromatic carbocycles. The Morgan fingerprint density at radius 2 is 2.25 bits per heavy atom. The van der Waals surface area contributed by atoms with Crippen molar-refractivity contribution in [2.45, 2.75) is 25.8 Å². The molecule has 0 bridgehead atoms. The second-order valence-electron chi connectivity index (χ2n) is 5.00. The van der Waals surface area contributed by atoms with Crippen LogP contribution in [0.15, 0.2) is 12.1 Å². The molecule has 6 heteroatoms. The molecule has 0 saturated carbocycles. The number of aromatic nitrogens is 1. The quantitative estimate of drug-likeness (QED) is 0.681. The fourth-order valence-electron chi connectivity index (χ4n) is 2.36. The largest absolute Gasteiger partial charge is 0.349 e. The van der Waals surface area contributed by atoms with E-state index in [2.05, 4.69) is 21.3 Å². The molecule has 0 spiro atoms. The summed E-state index contributed by atoms with van der Waals surface area (Å²) in [5, 5.41) is 12.0. The average molecular weight is 293 g/mol. The molecule has 2 rings (SSSR count). The van der Waals surface area contributed by atoms with E-state index in [9.17, 15) is 4.79 Å². The van der Waals surface area contributed by atoms with Gasteiger partial charge in [0.2, 0.25) is 0 Å². The van der Waals surface area contributed by atoms with Gasteiger partial charge < -0.3 is 5.32 Å². The van der Waals surface area contributed by atoms with E-state index >= 15 is 0 Å². The first kappa shape index (κ1) is 14.8. The van der Waals surface area contributed by atoms with Gasteiger partial charge >= 0.3 is 0 Å². The summed E-state index contributed by atoms with van der Waals surface area (Å²) in [6.45, 7) is 3.95. The lowest BCUT2D eigenvalue weighted by molar-refractivity contribution is 0.0914. The molecule has 20 heavy (non-hydrogen) atoms. The third-order valence-corrected chi connectivity index (χ3v) is 3.60. The minimum Gasteiger partial charge on any atom is -0.349 e. The molecule has 2 heterocycles. The molecule has 1 aliphatic rings. The van der Waals surface area contributed by atoms with Gasteiger partial charge in [0.25, 0.3) is 5.91 Å². The molecule has 106 valence electrons. The summed E-state index contributed by atoms with van der Waals surface area (Å²) in [5.74, 6) is -0.115. The molecule has 0 aliphatic carbocycles. The van der Waals surface area contributed by atoms with E-state index in [0.717, 1.165) is 31.6 Å². The minimum atomic E-state index is -0.115. The molecular formula is C14H17ClN4O. The number of likely N-dealkylation sites (tertiary alicyclic amines) is 1. The van der Waals surface area contributed by atoms with Crippen molar-refractivity contribution < 1.29 is 4.79 Å². The number of nitriles is 1. The number of piperidine rings is 1. The maximum Gasteiger partial charge on any atom is 0.251 e. The highest BCUT2D eigenvalue weighted by molar-refractivity contribution is 6.29. The van der Waals surface area contributed by atoms with Gasteiger partial charge in [0.15, 0.2) is 0 Å². The summed E-state index contributed by atoms with van der Waals surface area (Å²) in [5.41, 5.74) is 1.27. The summed E-state index contributed by atoms with van der Waals surface area (Å²) < 4.78 is 0. The number of carbonyl (C=O) groups is 1. The number of amides is 1. The second-order valence-corrected chi connectivity index (χ2v) is 5.39. The van der Waals surface area contributed by atoms with E-state index in [1.165, 1.54) is 0 Å². The summed E-state index contributed by atoms with van der Waals surface area (Å²) in [6, 6.07) is 5.61. The summed E-state index contributed by atoms with van der Waals surface area (Å²) in [4.78, 5) is 18.3. The number of aryl methyl sites for hydroxylation is 1. The van der Waals surface area contributed by atoms with E-state index in [0.29, 0.717) is 17.3 Å². The number of hydrogen-bond acceptors (Lipinski definition) is 4. The molecule has 1 fully saturated rings. The summed E-state index contributed by atoms with van der Waals surface area (Å²) in [6.07, 6.45) is 1.73. The van der Waals surface area contributed by atoms with Crippen molar-refractivity contribution in [2.24, 2.45) is 0 Å². The fourth-order valence-corrected chi connectivity index (χ4v) is 2.61. The Morgan fingerprint density at radius 3 is 2.85 bits per heavy atom. The zero-order valence-corrected chi connectivity index (χ0v) is 12.2. The van der Waals surface area contributed by atoms with Crippen LogP contribution in [0.25, 0.3) is 0 Å². The van der Waals surface area contributed by atoms with Crippen molar-refractivity contribution in [3.8, 4) is 6.07 Å². The minimum absolute atomic E-state index is 0.115. The highest BCUT2D eigenvalue weighted by Crippen LogP contribution is 2.13. The van der Waals surface area contributed by atoms with Crippen LogP contribution in [0.5, 0.6) is 0 Å². The van der Waals surface area contributed by atoms with Gasteiger partial charge in [0, 0.05) is 30.4 Å². The number of carbonyl (C=O) groups excluding carboxylic acids is 1. The van der Waals surface area contributed by atoms with Crippen LogP contribution >= 0.6 is 11.6 Å². The van der Waals surface area contributed by atoms with E-state index in [-0.39, 0.29) is 11.9 Å². The van der Waals surface area contributed by atoms with Gasteiger partial charge in [-0.2, -0.15) is 5.26 Å². The maximum absolute atomic E-state index is 12.2. The molecule has 1 amide bonds. The second kappa shape index (κ2) is 6.69. The van der Waals surface area contributed by atoms with E-state index < -0.39 is 0 Å². The monoisotopic (exact) mass is 292 g/mol. The van der Waals surface area contributed by atoms with Crippen LogP contribution in [0, 0.1) is 18.3 Å². The van der Waals surface area contributed by atoms with Crippen molar-refractivity contribution in [1.29, 1.82) is 5.26 Å². The Bertz CT molecular complexity index is 512. The number of rotatable bonds is 3. The first-order valence-electron chi connectivity index (χ1n) is 6.63. The van der Waals surface area contributed by atoms with Crippen LogP contribution < -0.4 is 5.32 Å². The Balaban J connectivity index is 1.91. The number of pyridine rings is 1. The highest BCUT2D eigenvalue weighted by Gasteiger charge is 2.21. The van der Waals surface area contributed by atoms with Crippen LogP contribution in [0.4, 0.5) is 0 Å². The van der Waals surface area contributed by atoms with Crippen LogP contribution in [0.3, 0.4) is 0 Å². The van der Waals surface area contributed by atoms with Gasteiger partial charge in [0.1, 0.15) is 5.15 Å². The molecule has 1 aromatic heterocycles. The van der Waals surface area contributed by atoms with Crippen LogP contribution in [-0.2, 0) is 0 Å². The molecule has 1 saturated heterocycles. The van der Waals surface area contributed by atoms with E-state index in [1.54, 1.807) is 12.1 Å². The average Bonchev–Trinajstić information content (AvgIpc) is 2.40. The molecule has 0 atom stereocenters. The topological polar surface area (TPSA) is 69.0 Å². The zero-order valence-electron chi connectivity index (χ0n) is 11.4. The number of halogens is 1. The zero-order chi connectivity index (χ0) is 14.5. The number of nitrogens with zero attached hydrogens (tertiary/aromatic N) is 3. The fraction of sp³-hybridized carbons (Fsp3) is 0.500. The van der Waals surface area contributed by atoms with Crippen LogP contribution in [0.2, 0.25) is 5.15 Å². The third-order valence-electron chi connectivity index (χ3n) is 3.40. The van der Waals surface area contributed by atoms with E-state index in [1.807, 2.05) is 6.92 Å². The Hall–Kier alpha value is -1.64. The molecular weight excluding hydrogens is 276 g/mol. The van der Waals surface area contributed by atoms with Gasteiger partial charge in [-0.1, -0.05) is 11.6 Å². The molecule has 1 aromatic rings. The predicted molar refractivity (Wildman–Crippen MR) is 76.5 cm³/mol. The molecule has 1 aliphatic heterocycles. The lowest BCUT2D eigenvalue weighted by Crippen LogP contribution is -2.44. The van der Waals surface area contributed by atoms with Gasteiger partial charge in [-0.25, -0.2) is 4.98 Å². The Labute approximate surface area is 123 Å². The smallest absolute Gasteiger partial charge is 0.251 e. The van der Waals surface area contributed by atoms with Gasteiger partial charge in [-0.15, -0.1) is 0 Å². The number of nitrogens with one attached hydrogen (secondary N) is 1. The van der Waals surface area contributed by atoms with Crippen molar-refractivity contribution >= 4 is 17.5 Å². The maximum atomic E-state index is 12.2. The SMILES string of the molecule is Cc1cc(C(=O)NC2CCN(CC#N)CC2)cc(Cl)n1. The summed E-state index contributed by atoms with van der Waals surface area (Å²) >= 11 is 5.86. The molecule has 0 unspecified atom stereocenters. The van der Waals surface area contributed by atoms with Crippen LogP contribution in [-0.4, -0.2) is 41.5 Å². The standard InChI is InChI=1S/C14H17ClN4O/c1-10-8-11(9-13(15)17-10)14(20)18-12-2-5-19(6-3-12)7-4-16/h8-9,12H,2-3,5-7H2,1H3,(H,18,20). The highest BCUT2D eigenvalue weighted by atomic mass is 35.5. The van der Waals surface area contributed by atoms with Crippen molar-refractivity contribution in [3.05, 3.63) is 28.5 Å². The van der Waals surface area contributed by atoms with E-state index in [4.69, 9.17) is 16.9 Å². The molecule has 0 radical (unpaired) electrons. The van der Waals surface area contributed by atoms with Gasteiger partial charge in [-0.3, -0.25) is 9.69 Å². The summed E-state index contributed by atoms with van der Waals surface area (Å²) in [7, 11) is 0. The predicted octanol–water partition coefficient (Wildman–Crippen LogP) is 1.76. The lowest BCUT2D eigenvalue weighted by Gasteiger charge is -2.30.